The van der Waals surface area contributed by atoms with E-state index in [4.69, 9.17) is 9.47 Å². The van der Waals surface area contributed by atoms with Gasteiger partial charge in [-0.05, 0) is 38.3 Å². The third-order valence-corrected chi connectivity index (χ3v) is 5.59. The van der Waals surface area contributed by atoms with Gasteiger partial charge in [0.25, 0.3) is 0 Å². The van der Waals surface area contributed by atoms with Gasteiger partial charge in [0.2, 0.25) is 5.91 Å². The zero-order valence-electron chi connectivity index (χ0n) is 14.2. The van der Waals surface area contributed by atoms with Gasteiger partial charge in [-0.3, -0.25) is 4.79 Å². The average molecular weight is 330 g/mol. The molecule has 5 heteroatoms. The van der Waals surface area contributed by atoms with E-state index in [1.807, 2.05) is 35.2 Å². The van der Waals surface area contributed by atoms with Gasteiger partial charge in [0.05, 0.1) is 19.3 Å². The Morgan fingerprint density at radius 2 is 1.79 bits per heavy atom. The van der Waals surface area contributed by atoms with Gasteiger partial charge in [-0.15, -0.1) is 0 Å². The van der Waals surface area contributed by atoms with Gasteiger partial charge in [-0.2, -0.15) is 0 Å². The normalized spacial score (nSPS) is 30.4. The molecule has 1 amide bonds. The summed E-state index contributed by atoms with van der Waals surface area (Å²) in [5.74, 6) is -0.135. The first-order chi connectivity index (χ1) is 11.7. The topological polar surface area (TPSA) is 50.8 Å². The van der Waals surface area contributed by atoms with Crippen LogP contribution in [0.15, 0.2) is 30.3 Å². The van der Waals surface area contributed by atoms with Gasteiger partial charge in [0, 0.05) is 30.6 Å². The second-order valence-electron chi connectivity index (χ2n) is 7.23. The molecule has 2 heterocycles. The zero-order valence-corrected chi connectivity index (χ0v) is 14.2. The van der Waals surface area contributed by atoms with E-state index in [9.17, 15) is 4.79 Å². The highest BCUT2D eigenvalue weighted by Gasteiger charge is 2.43. The molecule has 1 aromatic rings. The highest BCUT2D eigenvalue weighted by Crippen LogP contribution is 2.36. The lowest BCUT2D eigenvalue weighted by molar-refractivity contribution is -0.179. The molecule has 130 valence electrons. The summed E-state index contributed by atoms with van der Waals surface area (Å²) < 4.78 is 11.6. The minimum Gasteiger partial charge on any atom is -0.348 e. The Morgan fingerprint density at radius 3 is 2.46 bits per heavy atom. The summed E-state index contributed by atoms with van der Waals surface area (Å²) in [5, 5.41) is 3.60. The van der Waals surface area contributed by atoms with Crippen molar-refractivity contribution in [3.05, 3.63) is 30.3 Å². The molecule has 0 aromatic heterocycles. The van der Waals surface area contributed by atoms with Gasteiger partial charge in [-0.25, -0.2) is 0 Å². The summed E-state index contributed by atoms with van der Waals surface area (Å²) in [6.07, 6.45) is 4.71. The van der Waals surface area contributed by atoms with Gasteiger partial charge < -0.3 is 19.7 Å². The standard InChI is InChI=1S/C19H26N2O3/c1-14-13-17(18(22)21(14)16-5-3-2-4-6-16)20-15-7-9-19(10-8-15)23-11-12-24-19/h2-6,14-15,17,20H,7-13H2,1H3/t14-,17+/m1/s1. The van der Waals surface area contributed by atoms with Crippen LogP contribution in [-0.2, 0) is 14.3 Å². The van der Waals surface area contributed by atoms with Crippen LogP contribution in [0.2, 0.25) is 0 Å². The lowest BCUT2D eigenvalue weighted by Gasteiger charge is -2.36. The van der Waals surface area contributed by atoms with E-state index in [2.05, 4.69) is 12.2 Å². The molecule has 4 rings (SSSR count). The fourth-order valence-electron chi connectivity index (χ4n) is 4.34. The first kappa shape index (κ1) is 16.1. The van der Waals surface area contributed by atoms with Crippen molar-refractivity contribution >= 4 is 11.6 Å². The van der Waals surface area contributed by atoms with E-state index in [1.165, 1.54) is 0 Å². The number of carbonyl (C=O) groups excluding carboxylic acids is 1. The van der Waals surface area contributed by atoms with E-state index in [0.29, 0.717) is 19.3 Å². The molecule has 3 fully saturated rings. The van der Waals surface area contributed by atoms with Crippen LogP contribution in [0.4, 0.5) is 5.69 Å². The number of nitrogens with zero attached hydrogens (tertiary/aromatic N) is 1. The van der Waals surface area contributed by atoms with Crippen LogP contribution in [0.3, 0.4) is 0 Å². The predicted octanol–water partition coefficient (Wildman–Crippen LogP) is 2.46. The molecule has 24 heavy (non-hydrogen) atoms. The maximum Gasteiger partial charge on any atom is 0.244 e. The fourth-order valence-corrected chi connectivity index (χ4v) is 4.34. The fraction of sp³-hybridized carbons (Fsp3) is 0.632. The number of para-hydroxylation sites is 1. The monoisotopic (exact) mass is 330 g/mol. The van der Waals surface area contributed by atoms with Crippen LogP contribution in [0.25, 0.3) is 0 Å². The van der Waals surface area contributed by atoms with Crippen LogP contribution < -0.4 is 10.2 Å². The number of hydrogen-bond acceptors (Lipinski definition) is 4. The molecule has 0 unspecified atom stereocenters. The molecule has 0 bridgehead atoms. The number of carbonyl (C=O) groups is 1. The number of hydrogen-bond donors (Lipinski definition) is 1. The Bertz CT molecular complexity index is 576. The van der Waals surface area contributed by atoms with Crippen molar-refractivity contribution in [1.82, 2.24) is 5.32 Å². The summed E-state index contributed by atoms with van der Waals surface area (Å²) in [7, 11) is 0. The molecule has 1 saturated carbocycles. The molecule has 5 nitrogen and oxygen atoms in total. The molecule has 2 aliphatic heterocycles. The Morgan fingerprint density at radius 1 is 1.12 bits per heavy atom. The minimum atomic E-state index is -0.332. The number of amides is 1. The van der Waals surface area contributed by atoms with E-state index in [-0.39, 0.29) is 23.8 Å². The molecule has 2 saturated heterocycles. The molecule has 1 N–H and O–H groups in total. The van der Waals surface area contributed by atoms with E-state index in [1.54, 1.807) is 0 Å². The molecular weight excluding hydrogens is 304 g/mol. The Kier molecular flexibility index (Phi) is 4.33. The first-order valence-electron chi connectivity index (χ1n) is 9.09. The van der Waals surface area contributed by atoms with Gasteiger partial charge >= 0.3 is 0 Å². The molecule has 1 aromatic carbocycles. The number of nitrogens with one attached hydrogen (secondary N) is 1. The van der Waals surface area contributed by atoms with Crippen LogP contribution >= 0.6 is 0 Å². The van der Waals surface area contributed by atoms with Crippen molar-refractivity contribution in [2.75, 3.05) is 18.1 Å². The summed E-state index contributed by atoms with van der Waals surface area (Å²) in [5.41, 5.74) is 0.995. The number of anilines is 1. The molecule has 1 spiro atoms. The molecule has 3 aliphatic rings. The van der Waals surface area contributed by atoms with E-state index >= 15 is 0 Å². The molecule has 0 radical (unpaired) electrons. The molecular formula is C19H26N2O3. The number of benzene rings is 1. The maximum atomic E-state index is 12.9. The number of ether oxygens (including phenoxy) is 2. The summed E-state index contributed by atoms with van der Waals surface area (Å²) >= 11 is 0. The highest BCUT2D eigenvalue weighted by atomic mass is 16.7. The summed E-state index contributed by atoms with van der Waals surface area (Å²) in [6.45, 7) is 3.55. The van der Waals surface area contributed by atoms with Crippen LogP contribution in [-0.4, -0.2) is 43.0 Å². The SMILES string of the molecule is C[C@@H]1C[C@H](NC2CCC3(CC2)OCCO3)C(=O)N1c1ccccc1. The van der Waals surface area contributed by atoms with Crippen molar-refractivity contribution in [2.24, 2.45) is 0 Å². The lowest BCUT2D eigenvalue weighted by Crippen LogP contribution is -2.48. The van der Waals surface area contributed by atoms with Crippen LogP contribution in [0.5, 0.6) is 0 Å². The third kappa shape index (κ3) is 2.96. The van der Waals surface area contributed by atoms with Gasteiger partial charge in [0.1, 0.15) is 0 Å². The van der Waals surface area contributed by atoms with E-state index in [0.717, 1.165) is 37.8 Å². The van der Waals surface area contributed by atoms with Crippen molar-refractivity contribution in [3.63, 3.8) is 0 Å². The van der Waals surface area contributed by atoms with Crippen molar-refractivity contribution in [2.45, 2.75) is 62.9 Å². The van der Waals surface area contributed by atoms with Crippen LogP contribution in [0, 0.1) is 0 Å². The first-order valence-corrected chi connectivity index (χ1v) is 9.09. The summed E-state index contributed by atoms with van der Waals surface area (Å²) in [4.78, 5) is 14.8. The number of rotatable bonds is 3. The quantitative estimate of drug-likeness (QED) is 0.925. The highest BCUT2D eigenvalue weighted by molar-refractivity contribution is 6.00. The van der Waals surface area contributed by atoms with Crippen molar-refractivity contribution in [3.8, 4) is 0 Å². The smallest absolute Gasteiger partial charge is 0.244 e. The maximum absolute atomic E-state index is 12.9. The zero-order chi connectivity index (χ0) is 16.6. The Labute approximate surface area is 143 Å². The second-order valence-corrected chi connectivity index (χ2v) is 7.23. The van der Waals surface area contributed by atoms with Gasteiger partial charge in [0.15, 0.2) is 5.79 Å². The average Bonchev–Trinajstić information content (AvgIpc) is 3.16. The predicted molar refractivity (Wildman–Crippen MR) is 91.8 cm³/mol. The lowest BCUT2D eigenvalue weighted by atomic mass is 9.89. The molecule has 2 atom stereocenters. The summed E-state index contributed by atoms with van der Waals surface area (Å²) in [6, 6.07) is 10.5. The largest absolute Gasteiger partial charge is 0.348 e. The second kappa shape index (κ2) is 6.47. The van der Waals surface area contributed by atoms with Crippen molar-refractivity contribution in [1.29, 1.82) is 0 Å². The van der Waals surface area contributed by atoms with Gasteiger partial charge in [-0.1, -0.05) is 18.2 Å². The van der Waals surface area contributed by atoms with Crippen molar-refractivity contribution < 1.29 is 14.3 Å². The Balaban J connectivity index is 1.37. The minimum absolute atomic E-state index is 0.0790. The van der Waals surface area contributed by atoms with Crippen LogP contribution in [0.1, 0.15) is 39.0 Å². The third-order valence-electron chi connectivity index (χ3n) is 5.59. The molecule has 1 aliphatic carbocycles. The van der Waals surface area contributed by atoms with E-state index < -0.39 is 0 Å². The Hall–Kier alpha value is -1.43.